The molecular weight excluding hydrogens is 260 g/mol. The Bertz CT molecular complexity index is 452. The van der Waals surface area contributed by atoms with Gasteiger partial charge in [0, 0.05) is 20.0 Å². The van der Waals surface area contributed by atoms with Crippen LogP contribution in [0.2, 0.25) is 0 Å². The molecule has 0 spiro atoms. The van der Waals surface area contributed by atoms with Gasteiger partial charge in [0.2, 0.25) is 5.89 Å². The monoisotopic (exact) mass is 282 g/mol. The van der Waals surface area contributed by atoms with Crippen LogP contribution in [-0.4, -0.2) is 34.4 Å². The summed E-state index contributed by atoms with van der Waals surface area (Å²) in [5.74, 6) is 0.420. The third-order valence-electron chi connectivity index (χ3n) is 4.10. The lowest BCUT2D eigenvalue weighted by Gasteiger charge is -2.24. The minimum Gasteiger partial charge on any atom is -0.481 e. The van der Waals surface area contributed by atoms with E-state index < -0.39 is 5.97 Å². The minimum atomic E-state index is -0.750. The zero-order valence-corrected chi connectivity index (χ0v) is 12.1. The fraction of sp³-hybridized carbons (Fsp3) is 0.786. The van der Waals surface area contributed by atoms with Crippen molar-refractivity contribution < 1.29 is 19.2 Å². The predicted octanol–water partition coefficient (Wildman–Crippen LogP) is 2.22. The van der Waals surface area contributed by atoms with Crippen LogP contribution in [0.25, 0.3) is 0 Å². The van der Waals surface area contributed by atoms with Crippen molar-refractivity contribution >= 4 is 5.97 Å². The van der Waals surface area contributed by atoms with E-state index in [2.05, 4.69) is 10.1 Å². The largest absolute Gasteiger partial charge is 0.481 e. The number of ether oxygens (including phenoxy) is 1. The highest BCUT2D eigenvalue weighted by molar-refractivity contribution is 5.67. The van der Waals surface area contributed by atoms with Crippen molar-refractivity contribution in [1.29, 1.82) is 0 Å². The number of aliphatic carboxylic acids is 1. The van der Waals surface area contributed by atoms with E-state index in [-0.39, 0.29) is 17.9 Å². The van der Waals surface area contributed by atoms with E-state index in [0.717, 1.165) is 25.7 Å². The first-order valence-electron chi connectivity index (χ1n) is 7.09. The van der Waals surface area contributed by atoms with Crippen LogP contribution in [0, 0.1) is 5.41 Å². The molecule has 20 heavy (non-hydrogen) atoms. The first-order valence-corrected chi connectivity index (χ1v) is 7.09. The van der Waals surface area contributed by atoms with Crippen LogP contribution in [0.4, 0.5) is 0 Å². The fourth-order valence-corrected chi connectivity index (χ4v) is 2.97. The second kappa shape index (κ2) is 6.35. The molecule has 0 aliphatic heterocycles. The molecule has 1 aliphatic carbocycles. The van der Waals surface area contributed by atoms with Gasteiger partial charge in [0.05, 0.1) is 12.5 Å². The number of carbonyl (C=O) groups is 1. The van der Waals surface area contributed by atoms with Gasteiger partial charge in [-0.2, -0.15) is 4.98 Å². The van der Waals surface area contributed by atoms with Gasteiger partial charge in [0.15, 0.2) is 5.82 Å². The minimum absolute atomic E-state index is 0.0416. The number of carboxylic acids is 1. The fourth-order valence-electron chi connectivity index (χ4n) is 2.97. The molecule has 0 aromatic carbocycles. The standard InChI is InChI=1S/C14H22N2O4/c1-10(19-2)7-11-15-12(20-16-11)8-14(9-13(17)18)5-3-4-6-14/h10H,3-9H2,1-2H3,(H,17,18). The van der Waals surface area contributed by atoms with Gasteiger partial charge in [-0.25, -0.2) is 0 Å². The Balaban J connectivity index is 2.02. The van der Waals surface area contributed by atoms with Crippen molar-refractivity contribution in [3.8, 4) is 0 Å². The van der Waals surface area contributed by atoms with Crippen LogP contribution in [0.1, 0.15) is 50.7 Å². The summed E-state index contributed by atoms with van der Waals surface area (Å²) in [6.07, 6.45) is 5.39. The maximum Gasteiger partial charge on any atom is 0.303 e. The van der Waals surface area contributed by atoms with Crippen LogP contribution in [-0.2, 0) is 22.4 Å². The summed E-state index contributed by atoms with van der Waals surface area (Å²) in [4.78, 5) is 15.4. The molecule has 1 saturated carbocycles. The molecule has 0 saturated heterocycles. The van der Waals surface area contributed by atoms with Crippen LogP contribution < -0.4 is 0 Å². The van der Waals surface area contributed by atoms with E-state index in [4.69, 9.17) is 14.4 Å². The smallest absolute Gasteiger partial charge is 0.303 e. The Kier molecular flexibility index (Phi) is 4.75. The topological polar surface area (TPSA) is 85.5 Å². The van der Waals surface area contributed by atoms with Gasteiger partial charge in [0.25, 0.3) is 0 Å². The van der Waals surface area contributed by atoms with E-state index in [9.17, 15) is 4.79 Å². The molecule has 1 atom stereocenters. The first kappa shape index (κ1) is 15.0. The SMILES string of the molecule is COC(C)Cc1noc(CC2(CC(=O)O)CCCC2)n1. The molecule has 1 fully saturated rings. The number of hydrogen-bond acceptors (Lipinski definition) is 5. The van der Waals surface area contributed by atoms with Crippen LogP contribution >= 0.6 is 0 Å². The van der Waals surface area contributed by atoms with Gasteiger partial charge >= 0.3 is 5.97 Å². The summed E-state index contributed by atoms with van der Waals surface area (Å²) in [6, 6.07) is 0. The van der Waals surface area contributed by atoms with E-state index in [1.54, 1.807) is 7.11 Å². The molecule has 0 radical (unpaired) electrons. The second-order valence-electron chi connectivity index (χ2n) is 5.81. The van der Waals surface area contributed by atoms with Crippen LogP contribution in [0.5, 0.6) is 0 Å². The zero-order valence-electron chi connectivity index (χ0n) is 12.1. The highest BCUT2D eigenvalue weighted by atomic mass is 16.5. The molecule has 6 heteroatoms. The maximum atomic E-state index is 11.1. The summed E-state index contributed by atoms with van der Waals surface area (Å²) >= 11 is 0. The van der Waals surface area contributed by atoms with Gasteiger partial charge in [-0.15, -0.1) is 0 Å². The number of rotatable bonds is 7. The van der Waals surface area contributed by atoms with Gasteiger partial charge < -0.3 is 14.4 Å². The average molecular weight is 282 g/mol. The van der Waals surface area contributed by atoms with Crippen LogP contribution in [0.15, 0.2) is 4.52 Å². The normalized spacial score (nSPS) is 19.1. The molecule has 0 amide bonds. The molecule has 1 unspecified atom stereocenters. The Hall–Kier alpha value is -1.43. The Morgan fingerprint density at radius 3 is 2.80 bits per heavy atom. The third-order valence-corrected chi connectivity index (χ3v) is 4.10. The van der Waals surface area contributed by atoms with E-state index in [1.807, 2.05) is 6.92 Å². The number of hydrogen-bond donors (Lipinski definition) is 1. The molecule has 2 rings (SSSR count). The Morgan fingerprint density at radius 1 is 1.50 bits per heavy atom. The third kappa shape index (κ3) is 3.79. The zero-order chi connectivity index (χ0) is 14.6. The van der Waals surface area contributed by atoms with Crippen molar-refractivity contribution in [3.63, 3.8) is 0 Å². The molecule has 1 aromatic heterocycles. The summed E-state index contributed by atoms with van der Waals surface area (Å²) in [5.41, 5.74) is -0.206. The summed E-state index contributed by atoms with van der Waals surface area (Å²) in [7, 11) is 1.64. The first-order chi connectivity index (χ1) is 9.53. The summed E-state index contributed by atoms with van der Waals surface area (Å²) in [5, 5.41) is 13.0. The van der Waals surface area contributed by atoms with Crippen molar-refractivity contribution in [3.05, 3.63) is 11.7 Å². The number of aromatic nitrogens is 2. The van der Waals surface area contributed by atoms with Gasteiger partial charge in [-0.1, -0.05) is 18.0 Å². The van der Waals surface area contributed by atoms with Crippen LogP contribution in [0.3, 0.4) is 0 Å². The number of methoxy groups -OCH3 is 1. The molecule has 1 N–H and O–H groups in total. The number of nitrogens with zero attached hydrogens (tertiary/aromatic N) is 2. The summed E-state index contributed by atoms with van der Waals surface area (Å²) < 4.78 is 10.4. The quantitative estimate of drug-likeness (QED) is 0.825. The van der Waals surface area contributed by atoms with Gasteiger partial charge in [0.1, 0.15) is 0 Å². The number of carboxylic acid groups (broad SMARTS) is 1. The molecule has 1 aliphatic rings. The molecule has 0 bridgehead atoms. The van der Waals surface area contributed by atoms with Crippen molar-refractivity contribution in [1.82, 2.24) is 10.1 Å². The van der Waals surface area contributed by atoms with Gasteiger partial charge in [-0.05, 0) is 25.2 Å². The highest BCUT2D eigenvalue weighted by Gasteiger charge is 2.37. The Morgan fingerprint density at radius 2 is 2.20 bits per heavy atom. The van der Waals surface area contributed by atoms with Crippen molar-refractivity contribution in [2.24, 2.45) is 5.41 Å². The van der Waals surface area contributed by atoms with E-state index >= 15 is 0 Å². The van der Waals surface area contributed by atoms with Crippen molar-refractivity contribution in [2.45, 2.75) is 58.0 Å². The van der Waals surface area contributed by atoms with E-state index in [1.165, 1.54) is 0 Å². The lowest BCUT2D eigenvalue weighted by atomic mass is 9.79. The Labute approximate surface area is 118 Å². The van der Waals surface area contributed by atoms with E-state index in [0.29, 0.717) is 24.6 Å². The van der Waals surface area contributed by atoms with Gasteiger partial charge in [-0.3, -0.25) is 4.79 Å². The molecule has 1 aromatic rings. The lowest BCUT2D eigenvalue weighted by Crippen LogP contribution is -2.24. The average Bonchev–Trinajstić information content (AvgIpc) is 2.99. The molecule has 1 heterocycles. The predicted molar refractivity (Wildman–Crippen MR) is 71.3 cm³/mol. The lowest BCUT2D eigenvalue weighted by molar-refractivity contribution is -0.139. The highest BCUT2D eigenvalue weighted by Crippen LogP contribution is 2.43. The maximum absolute atomic E-state index is 11.1. The molecular formula is C14H22N2O4. The van der Waals surface area contributed by atoms with Crippen molar-refractivity contribution in [2.75, 3.05) is 7.11 Å². The summed E-state index contributed by atoms with van der Waals surface area (Å²) in [6.45, 7) is 1.94. The second-order valence-corrected chi connectivity index (χ2v) is 5.81. The molecule has 6 nitrogen and oxygen atoms in total. The molecule has 112 valence electrons.